The summed E-state index contributed by atoms with van der Waals surface area (Å²) in [6.07, 6.45) is 5.69. The fourth-order valence-corrected chi connectivity index (χ4v) is 2.57. The van der Waals surface area contributed by atoms with Crippen molar-refractivity contribution in [3.8, 4) is 11.1 Å². The Morgan fingerprint density at radius 2 is 2.00 bits per heavy atom. The maximum Gasteiger partial charge on any atom is 0.130 e. The zero-order valence-corrected chi connectivity index (χ0v) is 13.0. The zero-order chi connectivity index (χ0) is 15.7. The molecular formula is C17H19N5. The smallest absolute Gasteiger partial charge is 0.130 e. The number of nitrogens with two attached hydrogens (primary N) is 1. The van der Waals surface area contributed by atoms with Crippen molar-refractivity contribution < 1.29 is 0 Å². The van der Waals surface area contributed by atoms with Gasteiger partial charge in [-0.25, -0.2) is 9.97 Å². The molecule has 5 nitrogen and oxygen atoms in total. The van der Waals surface area contributed by atoms with Gasteiger partial charge in [0.25, 0.3) is 0 Å². The van der Waals surface area contributed by atoms with Crippen molar-refractivity contribution in [3.63, 3.8) is 0 Å². The van der Waals surface area contributed by atoms with Crippen LogP contribution in [0.25, 0.3) is 11.1 Å². The largest absolute Gasteiger partial charge is 0.383 e. The molecule has 3 rings (SSSR count). The molecule has 0 saturated heterocycles. The summed E-state index contributed by atoms with van der Waals surface area (Å²) in [7, 11) is 1.92. The molecule has 0 bridgehead atoms. The van der Waals surface area contributed by atoms with Crippen LogP contribution in [0.5, 0.6) is 0 Å². The third-order valence-electron chi connectivity index (χ3n) is 3.86. The molecule has 0 aliphatic carbocycles. The second kappa shape index (κ2) is 5.60. The summed E-state index contributed by atoms with van der Waals surface area (Å²) in [6, 6.07) is 8.41. The number of hydrogen-bond donors (Lipinski definition) is 1. The highest BCUT2D eigenvalue weighted by Gasteiger charge is 2.14. The molecule has 0 radical (unpaired) electrons. The highest BCUT2D eigenvalue weighted by atomic mass is 15.2. The first-order chi connectivity index (χ1) is 10.5. The van der Waals surface area contributed by atoms with Gasteiger partial charge in [-0.1, -0.05) is 31.2 Å². The summed E-state index contributed by atoms with van der Waals surface area (Å²) in [5.74, 6) is 1.38. The molecule has 1 aromatic carbocycles. The number of anilines is 1. The van der Waals surface area contributed by atoms with E-state index in [1.54, 1.807) is 4.68 Å². The van der Waals surface area contributed by atoms with Crippen molar-refractivity contribution in [1.82, 2.24) is 19.7 Å². The first-order valence-corrected chi connectivity index (χ1v) is 7.22. The van der Waals surface area contributed by atoms with Crippen LogP contribution in [0.3, 0.4) is 0 Å². The molecule has 2 N–H and O–H groups in total. The Morgan fingerprint density at radius 1 is 1.18 bits per heavy atom. The van der Waals surface area contributed by atoms with Crippen molar-refractivity contribution in [3.05, 3.63) is 59.8 Å². The van der Waals surface area contributed by atoms with Gasteiger partial charge in [-0.05, 0) is 18.1 Å². The molecule has 0 saturated carbocycles. The average molecular weight is 293 g/mol. The van der Waals surface area contributed by atoms with E-state index in [2.05, 4.69) is 46.3 Å². The van der Waals surface area contributed by atoms with E-state index in [1.807, 2.05) is 32.6 Å². The second-order valence-corrected chi connectivity index (χ2v) is 5.51. The number of aryl methyl sites for hydroxylation is 2. The SMILES string of the molecule is Cc1ncc(C(C)c2cccc(-c3cnn(C)c3)c2)c(N)n1. The summed E-state index contributed by atoms with van der Waals surface area (Å²) in [4.78, 5) is 8.52. The third-order valence-corrected chi connectivity index (χ3v) is 3.86. The van der Waals surface area contributed by atoms with E-state index >= 15 is 0 Å². The average Bonchev–Trinajstić information content (AvgIpc) is 2.93. The minimum Gasteiger partial charge on any atom is -0.383 e. The van der Waals surface area contributed by atoms with Gasteiger partial charge in [0.05, 0.1) is 6.20 Å². The van der Waals surface area contributed by atoms with Gasteiger partial charge in [0.15, 0.2) is 0 Å². The summed E-state index contributed by atoms with van der Waals surface area (Å²) < 4.78 is 1.80. The molecule has 1 unspecified atom stereocenters. The highest BCUT2D eigenvalue weighted by molar-refractivity contribution is 5.63. The van der Waals surface area contributed by atoms with Gasteiger partial charge >= 0.3 is 0 Å². The first-order valence-electron chi connectivity index (χ1n) is 7.22. The number of rotatable bonds is 3. The lowest BCUT2D eigenvalue weighted by molar-refractivity contribution is 0.768. The van der Waals surface area contributed by atoms with Crippen molar-refractivity contribution in [2.45, 2.75) is 19.8 Å². The summed E-state index contributed by atoms with van der Waals surface area (Å²) in [5.41, 5.74) is 10.4. The van der Waals surface area contributed by atoms with Crippen LogP contribution in [0.2, 0.25) is 0 Å². The fourth-order valence-electron chi connectivity index (χ4n) is 2.57. The van der Waals surface area contributed by atoms with Gasteiger partial charge in [0.2, 0.25) is 0 Å². The van der Waals surface area contributed by atoms with Crippen LogP contribution in [0.4, 0.5) is 5.82 Å². The molecule has 1 atom stereocenters. The van der Waals surface area contributed by atoms with Crippen molar-refractivity contribution in [2.75, 3.05) is 5.73 Å². The minimum absolute atomic E-state index is 0.136. The van der Waals surface area contributed by atoms with Crippen LogP contribution in [0, 0.1) is 6.92 Å². The number of nitrogens with zero attached hydrogens (tertiary/aromatic N) is 4. The molecule has 3 aromatic rings. The van der Waals surface area contributed by atoms with Crippen LogP contribution in [0.15, 0.2) is 42.9 Å². The van der Waals surface area contributed by atoms with Crippen LogP contribution >= 0.6 is 0 Å². The number of benzene rings is 1. The lowest BCUT2D eigenvalue weighted by Crippen LogP contribution is -2.05. The summed E-state index contributed by atoms with van der Waals surface area (Å²) in [5, 5.41) is 4.23. The minimum atomic E-state index is 0.136. The van der Waals surface area contributed by atoms with Crippen LogP contribution < -0.4 is 5.73 Å². The molecule has 22 heavy (non-hydrogen) atoms. The van der Waals surface area contributed by atoms with Gasteiger partial charge in [-0.15, -0.1) is 0 Å². The predicted molar refractivity (Wildman–Crippen MR) is 87.3 cm³/mol. The van der Waals surface area contributed by atoms with E-state index < -0.39 is 0 Å². The predicted octanol–water partition coefficient (Wildman–Crippen LogP) is 2.92. The van der Waals surface area contributed by atoms with Crippen molar-refractivity contribution in [1.29, 1.82) is 0 Å². The van der Waals surface area contributed by atoms with Gasteiger partial charge < -0.3 is 5.73 Å². The number of aromatic nitrogens is 4. The second-order valence-electron chi connectivity index (χ2n) is 5.51. The summed E-state index contributed by atoms with van der Waals surface area (Å²) in [6.45, 7) is 3.96. The Morgan fingerprint density at radius 3 is 2.68 bits per heavy atom. The van der Waals surface area contributed by atoms with Crippen LogP contribution in [0.1, 0.15) is 29.8 Å². The Kier molecular flexibility index (Phi) is 3.63. The van der Waals surface area contributed by atoms with Crippen molar-refractivity contribution in [2.24, 2.45) is 7.05 Å². The van der Waals surface area contributed by atoms with E-state index in [4.69, 9.17) is 5.73 Å². The van der Waals surface area contributed by atoms with E-state index in [9.17, 15) is 0 Å². The molecule has 0 aliphatic heterocycles. The van der Waals surface area contributed by atoms with Gasteiger partial charge in [0, 0.05) is 36.5 Å². The Bertz CT molecular complexity index is 806. The molecule has 0 aliphatic rings. The normalized spacial score (nSPS) is 12.3. The van der Waals surface area contributed by atoms with E-state index in [0.29, 0.717) is 11.6 Å². The standard InChI is InChI=1S/C17H19N5/c1-11(16-9-19-12(2)21-17(16)18)13-5-4-6-14(7-13)15-8-20-22(3)10-15/h4-11H,1-3H3,(H2,18,19,21). The molecule has 2 heterocycles. The maximum atomic E-state index is 6.05. The Hall–Kier alpha value is -2.69. The van der Waals surface area contributed by atoms with E-state index in [1.165, 1.54) is 5.56 Å². The quantitative estimate of drug-likeness (QED) is 0.806. The third kappa shape index (κ3) is 2.70. The molecule has 0 amide bonds. The molecule has 0 spiro atoms. The van der Waals surface area contributed by atoms with Crippen LogP contribution in [-0.2, 0) is 7.05 Å². The fraction of sp³-hybridized carbons (Fsp3) is 0.235. The monoisotopic (exact) mass is 293 g/mol. The maximum absolute atomic E-state index is 6.05. The summed E-state index contributed by atoms with van der Waals surface area (Å²) >= 11 is 0. The molecule has 112 valence electrons. The molecule has 2 aromatic heterocycles. The van der Waals surface area contributed by atoms with Crippen molar-refractivity contribution >= 4 is 5.82 Å². The number of hydrogen-bond acceptors (Lipinski definition) is 4. The molecule has 0 fully saturated rings. The highest BCUT2D eigenvalue weighted by Crippen LogP contribution is 2.30. The lowest BCUT2D eigenvalue weighted by Gasteiger charge is -2.15. The Balaban J connectivity index is 1.98. The van der Waals surface area contributed by atoms with Gasteiger partial charge in [0.1, 0.15) is 11.6 Å². The topological polar surface area (TPSA) is 69.6 Å². The first kappa shape index (κ1) is 14.3. The lowest BCUT2D eigenvalue weighted by atomic mass is 9.92. The van der Waals surface area contributed by atoms with Gasteiger partial charge in [-0.3, -0.25) is 4.68 Å². The number of nitrogen functional groups attached to an aromatic ring is 1. The van der Waals surface area contributed by atoms with Gasteiger partial charge in [-0.2, -0.15) is 5.10 Å². The van der Waals surface area contributed by atoms with E-state index in [-0.39, 0.29) is 5.92 Å². The van der Waals surface area contributed by atoms with Crippen LogP contribution in [-0.4, -0.2) is 19.7 Å². The van der Waals surface area contributed by atoms with E-state index in [0.717, 1.165) is 16.7 Å². The zero-order valence-electron chi connectivity index (χ0n) is 13.0. The molecular weight excluding hydrogens is 274 g/mol. The molecule has 5 heteroatoms. The Labute approximate surface area is 129 Å².